The van der Waals surface area contributed by atoms with Crippen LogP contribution in [0.15, 0.2) is 24.3 Å². The summed E-state index contributed by atoms with van der Waals surface area (Å²) in [5, 5.41) is 3.87. The third-order valence-electron chi connectivity index (χ3n) is 5.48. The van der Waals surface area contributed by atoms with Gasteiger partial charge in [-0.2, -0.15) is 0 Å². The monoisotopic (exact) mass is 453 g/mol. The number of carbonyl (C=O) groups is 2. The molecule has 2 aromatic rings. The minimum Gasteiger partial charge on any atom is -0.331 e. The van der Waals surface area contributed by atoms with Crippen LogP contribution < -0.4 is 5.32 Å². The van der Waals surface area contributed by atoms with E-state index in [0.29, 0.717) is 14.9 Å². The third-order valence-corrected chi connectivity index (χ3v) is 7.42. The summed E-state index contributed by atoms with van der Waals surface area (Å²) in [4.78, 5) is 29.2. The summed E-state index contributed by atoms with van der Waals surface area (Å²) in [7, 11) is 3.95. The second kappa shape index (κ2) is 9.47. The maximum Gasteiger partial charge on any atom is 0.317 e. The minimum atomic E-state index is -0.288. The Bertz CT molecular complexity index is 894. The van der Waals surface area contributed by atoms with Gasteiger partial charge in [0.1, 0.15) is 0 Å². The van der Waals surface area contributed by atoms with Crippen LogP contribution in [0, 0.1) is 0 Å². The second-order valence-electron chi connectivity index (χ2n) is 7.47. The van der Waals surface area contributed by atoms with E-state index in [9.17, 15) is 9.59 Å². The molecule has 1 aromatic carbocycles. The van der Waals surface area contributed by atoms with E-state index in [2.05, 4.69) is 17.3 Å². The Morgan fingerprint density at radius 2 is 1.93 bits per heavy atom. The Labute approximate surface area is 185 Å². The maximum absolute atomic E-state index is 12.7. The number of nitrogens with one attached hydrogen (secondary N) is 1. The zero-order chi connectivity index (χ0) is 21.1. The summed E-state index contributed by atoms with van der Waals surface area (Å²) in [6, 6.07) is 7.21. The molecule has 1 N–H and O–H groups in total. The van der Waals surface area contributed by atoms with Gasteiger partial charge in [-0.05, 0) is 57.6 Å². The van der Waals surface area contributed by atoms with Crippen molar-refractivity contribution >= 4 is 46.9 Å². The first-order valence-electron chi connectivity index (χ1n) is 9.57. The fourth-order valence-electron chi connectivity index (χ4n) is 3.56. The number of benzene rings is 1. The molecule has 1 fully saturated rings. The van der Waals surface area contributed by atoms with E-state index in [1.165, 1.54) is 11.3 Å². The molecule has 29 heavy (non-hydrogen) atoms. The van der Waals surface area contributed by atoms with Gasteiger partial charge in [-0.1, -0.05) is 35.3 Å². The van der Waals surface area contributed by atoms with Crippen molar-refractivity contribution in [3.05, 3.63) is 44.8 Å². The van der Waals surface area contributed by atoms with Crippen molar-refractivity contribution in [1.82, 2.24) is 15.1 Å². The van der Waals surface area contributed by atoms with E-state index in [0.717, 1.165) is 48.2 Å². The lowest BCUT2D eigenvalue weighted by molar-refractivity contribution is 0.112. The molecule has 5 nitrogen and oxygen atoms in total. The van der Waals surface area contributed by atoms with Gasteiger partial charge in [0.15, 0.2) is 6.29 Å². The van der Waals surface area contributed by atoms with Crippen molar-refractivity contribution in [2.24, 2.45) is 0 Å². The number of piperidine rings is 1. The van der Waals surface area contributed by atoms with Crippen LogP contribution in [0.2, 0.25) is 10.0 Å². The van der Waals surface area contributed by atoms with Gasteiger partial charge < -0.3 is 15.1 Å². The van der Waals surface area contributed by atoms with Crippen LogP contribution in [0.25, 0.3) is 10.4 Å². The summed E-state index contributed by atoms with van der Waals surface area (Å²) in [5.41, 5.74) is 1.54. The molecule has 2 heterocycles. The molecule has 2 amide bonds. The number of hydrogen-bond donors (Lipinski definition) is 1. The fraction of sp³-hybridized carbons (Fsp3) is 0.429. The molecule has 1 unspecified atom stereocenters. The third kappa shape index (κ3) is 4.94. The largest absolute Gasteiger partial charge is 0.331 e. The smallest absolute Gasteiger partial charge is 0.317 e. The van der Waals surface area contributed by atoms with E-state index < -0.39 is 0 Å². The summed E-state index contributed by atoms with van der Waals surface area (Å²) in [6.07, 6.45) is 2.76. The Kier molecular flexibility index (Phi) is 7.22. The molecule has 8 heteroatoms. The first kappa shape index (κ1) is 22.1. The lowest BCUT2D eigenvalue weighted by Gasteiger charge is -2.35. The van der Waals surface area contributed by atoms with Crippen molar-refractivity contribution in [3.63, 3.8) is 0 Å². The zero-order valence-corrected chi connectivity index (χ0v) is 19.1. The first-order valence-corrected chi connectivity index (χ1v) is 11.1. The SMILES string of the molecule is CC(NC(=O)N(C)C1CCN(C)CC1)c1ccc(-c2ccc(C=O)s2)c(Cl)c1Cl. The average molecular weight is 454 g/mol. The van der Waals surface area contributed by atoms with Crippen molar-refractivity contribution in [1.29, 1.82) is 0 Å². The second-order valence-corrected chi connectivity index (χ2v) is 9.34. The maximum atomic E-state index is 12.7. The van der Waals surface area contributed by atoms with Gasteiger partial charge in [-0.25, -0.2) is 4.79 Å². The highest BCUT2D eigenvalue weighted by Crippen LogP contribution is 2.40. The van der Waals surface area contributed by atoms with Crippen LogP contribution in [0.1, 0.15) is 41.0 Å². The van der Waals surface area contributed by atoms with Gasteiger partial charge in [0, 0.05) is 23.5 Å². The van der Waals surface area contributed by atoms with Gasteiger partial charge in [0.25, 0.3) is 0 Å². The van der Waals surface area contributed by atoms with Crippen LogP contribution in [0.4, 0.5) is 4.79 Å². The van der Waals surface area contributed by atoms with Crippen LogP contribution in [-0.4, -0.2) is 55.3 Å². The summed E-state index contributed by atoms with van der Waals surface area (Å²) in [6.45, 7) is 3.89. The van der Waals surface area contributed by atoms with E-state index in [-0.39, 0.29) is 18.1 Å². The van der Waals surface area contributed by atoms with Crippen LogP contribution >= 0.6 is 34.5 Å². The van der Waals surface area contributed by atoms with Crippen LogP contribution in [0.5, 0.6) is 0 Å². The van der Waals surface area contributed by atoms with Gasteiger partial charge in [-0.3, -0.25) is 4.79 Å². The predicted octanol–water partition coefficient (Wildman–Crippen LogP) is 5.33. The van der Waals surface area contributed by atoms with E-state index in [1.54, 1.807) is 11.0 Å². The number of urea groups is 1. The van der Waals surface area contributed by atoms with Gasteiger partial charge >= 0.3 is 6.03 Å². The fourth-order valence-corrected chi connectivity index (χ4v) is 5.08. The van der Waals surface area contributed by atoms with Gasteiger partial charge in [0.2, 0.25) is 0 Å². The lowest BCUT2D eigenvalue weighted by Crippen LogP contribution is -2.48. The molecule has 3 rings (SSSR count). The molecule has 1 atom stereocenters. The van der Waals surface area contributed by atoms with E-state index in [4.69, 9.17) is 23.2 Å². The van der Waals surface area contributed by atoms with Crippen LogP contribution in [-0.2, 0) is 0 Å². The highest BCUT2D eigenvalue weighted by molar-refractivity contribution is 7.17. The van der Waals surface area contributed by atoms with Crippen molar-refractivity contribution in [3.8, 4) is 10.4 Å². The number of halogens is 2. The molecule has 1 aliphatic heterocycles. The molecule has 156 valence electrons. The topological polar surface area (TPSA) is 52.7 Å². The molecule has 1 saturated heterocycles. The summed E-state index contributed by atoms with van der Waals surface area (Å²) in [5.74, 6) is 0. The Balaban J connectivity index is 1.72. The van der Waals surface area contributed by atoms with E-state index in [1.807, 2.05) is 32.2 Å². The highest BCUT2D eigenvalue weighted by atomic mass is 35.5. The molecular weight excluding hydrogens is 429 g/mol. The molecule has 0 radical (unpaired) electrons. The predicted molar refractivity (Wildman–Crippen MR) is 120 cm³/mol. The Morgan fingerprint density at radius 3 is 2.55 bits per heavy atom. The quantitative estimate of drug-likeness (QED) is 0.622. The number of nitrogens with zero attached hydrogens (tertiary/aromatic N) is 2. The molecule has 1 aromatic heterocycles. The molecule has 0 saturated carbocycles. The van der Waals surface area contributed by atoms with Gasteiger partial charge in [0.05, 0.1) is 21.0 Å². The standard InChI is InChI=1S/C21H25Cl2N3O2S/c1-13(24-21(28)26(3)14-8-10-25(2)11-9-14)16-5-6-17(20(23)19(16)22)18-7-4-15(12-27)29-18/h4-7,12-14H,8-11H2,1-3H3,(H,24,28). The van der Waals surface area contributed by atoms with Crippen LogP contribution in [0.3, 0.4) is 0 Å². The van der Waals surface area contributed by atoms with E-state index >= 15 is 0 Å². The number of hydrogen-bond acceptors (Lipinski definition) is 4. The van der Waals surface area contributed by atoms with Crippen molar-refractivity contribution < 1.29 is 9.59 Å². The Hall–Kier alpha value is -1.60. The molecule has 0 aliphatic carbocycles. The number of likely N-dealkylation sites (tertiary alicyclic amines) is 1. The zero-order valence-electron chi connectivity index (χ0n) is 16.7. The summed E-state index contributed by atoms with van der Waals surface area (Å²) < 4.78 is 0. The molecule has 0 spiro atoms. The average Bonchev–Trinajstić information content (AvgIpc) is 3.18. The number of aldehydes is 1. The lowest BCUT2D eigenvalue weighted by atomic mass is 10.0. The highest BCUT2D eigenvalue weighted by Gasteiger charge is 2.25. The van der Waals surface area contributed by atoms with Crippen molar-refractivity contribution in [2.45, 2.75) is 31.8 Å². The minimum absolute atomic E-state index is 0.114. The molecule has 1 aliphatic rings. The summed E-state index contributed by atoms with van der Waals surface area (Å²) >= 11 is 14.4. The Morgan fingerprint density at radius 1 is 1.24 bits per heavy atom. The van der Waals surface area contributed by atoms with Crippen molar-refractivity contribution in [2.75, 3.05) is 27.2 Å². The normalized spacial score (nSPS) is 16.4. The van der Waals surface area contributed by atoms with Gasteiger partial charge in [-0.15, -0.1) is 11.3 Å². The first-order chi connectivity index (χ1) is 13.8. The molecular formula is C21H25Cl2N3O2S. The molecule has 0 bridgehead atoms. The number of rotatable bonds is 5. The number of carbonyl (C=O) groups excluding carboxylic acids is 2. The number of amides is 2. The number of thiophene rings is 1.